The predicted octanol–water partition coefficient (Wildman–Crippen LogP) is 2.55. The smallest absolute Gasteiger partial charge is 0.230 e. The van der Waals surface area contributed by atoms with Crippen molar-refractivity contribution in [1.29, 1.82) is 0 Å². The fourth-order valence-corrected chi connectivity index (χ4v) is 3.67. The van der Waals surface area contributed by atoms with Crippen molar-refractivity contribution in [3.63, 3.8) is 0 Å². The summed E-state index contributed by atoms with van der Waals surface area (Å²) in [5, 5.41) is 11.6. The monoisotopic (exact) mass is 249 g/mol. The second-order valence-electron chi connectivity index (χ2n) is 5.91. The van der Waals surface area contributed by atoms with Gasteiger partial charge in [0.2, 0.25) is 11.8 Å². The molecule has 18 heavy (non-hydrogen) atoms. The highest BCUT2D eigenvalue weighted by Gasteiger charge is 2.39. The minimum atomic E-state index is 0.706. The average molecular weight is 249 g/mol. The zero-order valence-electron chi connectivity index (χ0n) is 11.2. The molecule has 0 aromatic carbocycles. The number of nitrogens with zero attached hydrogens (tertiary/aromatic N) is 2. The van der Waals surface area contributed by atoms with Crippen molar-refractivity contribution in [2.45, 2.75) is 52.0 Å². The van der Waals surface area contributed by atoms with Gasteiger partial charge < -0.3 is 9.73 Å². The number of rotatable bonds is 6. The summed E-state index contributed by atoms with van der Waals surface area (Å²) in [5.41, 5.74) is 0. The molecule has 4 heteroatoms. The van der Waals surface area contributed by atoms with Gasteiger partial charge in [0.1, 0.15) is 0 Å². The Kier molecular flexibility index (Phi) is 3.64. The summed E-state index contributed by atoms with van der Waals surface area (Å²) < 4.78 is 5.72. The van der Waals surface area contributed by atoms with E-state index in [4.69, 9.17) is 4.42 Å². The Morgan fingerprint density at radius 1 is 1.22 bits per heavy atom. The van der Waals surface area contributed by atoms with Crippen LogP contribution in [0.15, 0.2) is 4.42 Å². The number of nitrogens with one attached hydrogen (secondary N) is 1. The van der Waals surface area contributed by atoms with Gasteiger partial charge in [-0.25, -0.2) is 0 Å². The molecule has 3 unspecified atom stereocenters. The fraction of sp³-hybridized carbons (Fsp3) is 0.857. The first-order chi connectivity index (χ1) is 8.85. The molecule has 100 valence electrons. The Hall–Kier alpha value is -0.900. The third kappa shape index (κ3) is 2.58. The summed E-state index contributed by atoms with van der Waals surface area (Å²) in [5.74, 6) is 4.32. The van der Waals surface area contributed by atoms with E-state index < -0.39 is 0 Å². The van der Waals surface area contributed by atoms with Crippen molar-refractivity contribution >= 4 is 0 Å². The lowest BCUT2D eigenvalue weighted by Gasteiger charge is -2.19. The first-order valence-corrected chi connectivity index (χ1v) is 7.37. The molecule has 1 heterocycles. The van der Waals surface area contributed by atoms with E-state index in [0.29, 0.717) is 6.54 Å². The van der Waals surface area contributed by atoms with Crippen LogP contribution >= 0.6 is 0 Å². The van der Waals surface area contributed by atoms with Crippen molar-refractivity contribution in [2.75, 3.05) is 6.54 Å². The standard InChI is InChI=1S/C14H23N3O/c1-2-5-15-9-14-17-16-13(18-14)8-12-7-10-3-4-11(12)6-10/h10-12,15H,2-9H2,1H3. The van der Waals surface area contributed by atoms with E-state index in [2.05, 4.69) is 22.4 Å². The van der Waals surface area contributed by atoms with E-state index in [1.54, 1.807) is 0 Å². The molecular weight excluding hydrogens is 226 g/mol. The summed E-state index contributed by atoms with van der Waals surface area (Å²) in [4.78, 5) is 0. The number of aromatic nitrogens is 2. The molecular formula is C14H23N3O. The lowest BCUT2D eigenvalue weighted by Crippen LogP contribution is -2.14. The maximum atomic E-state index is 5.72. The Morgan fingerprint density at radius 2 is 2.11 bits per heavy atom. The molecule has 2 saturated carbocycles. The summed E-state index contributed by atoms with van der Waals surface area (Å²) in [6, 6.07) is 0. The number of hydrogen-bond acceptors (Lipinski definition) is 4. The van der Waals surface area contributed by atoms with E-state index in [1.165, 1.54) is 25.7 Å². The highest BCUT2D eigenvalue weighted by Crippen LogP contribution is 2.49. The molecule has 0 amide bonds. The van der Waals surface area contributed by atoms with E-state index >= 15 is 0 Å². The van der Waals surface area contributed by atoms with Crippen LogP contribution in [0.4, 0.5) is 0 Å². The van der Waals surface area contributed by atoms with Crippen LogP contribution in [0, 0.1) is 17.8 Å². The van der Waals surface area contributed by atoms with E-state index in [0.717, 1.165) is 48.9 Å². The lowest BCUT2D eigenvalue weighted by molar-refractivity contribution is 0.302. The minimum absolute atomic E-state index is 0.706. The first-order valence-electron chi connectivity index (χ1n) is 7.37. The molecule has 1 N–H and O–H groups in total. The van der Waals surface area contributed by atoms with Crippen LogP contribution in [-0.2, 0) is 13.0 Å². The zero-order valence-corrected chi connectivity index (χ0v) is 11.2. The highest BCUT2D eigenvalue weighted by molar-refractivity contribution is 4.94. The first kappa shape index (κ1) is 12.2. The molecule has 2 fully saturated rings. The summed E-state index contributed by atoms with van der Waals surface area (Å²) in [6.45, 7) is 3.86. The van der Waals surface area contributed by atoms with Crippen molar-refractivity contribution in [3.8, 4) is 0 Å². The SMILES string of the molecule is CCCNCc1nnc(CC2CC3CCC2C3)o1. The molecule has 4 nitrogen and oxygen atoms in total. The van der Waals surface area contributed by atoms with Crippen molar-refractivity contribution in [1.82, 2.24) is 15.5 Å². The van der Waals surface area contributed by atoms with E-state index in [1.807, 2.05) is 0 Å². The van der Waals surface area contributed by atoms with Gasteiger partial charge in [0.25, 0.3) is 0 Å². The van der Waals surface area contributed by atoms with Crippen LogP contribution in [0.3, 0.4) is 0 Å². The molecule has 3 rings (SSSR count). The molecule has 1 aromatic heterocycles. The average Bonchev–Trinajstić information content (AvgIpc) is 3.06. The molecule has 0 saturated heterocycles. The van der Waals surface area contributed by atoms with Crippen LogP contribution in [0.2, 0.25) is 0 Å². The van der Waals surface area contributed by atoms with Gasteiger partial charge in [-0.3, -0.25) is 0 Å². The van der Waals surface area contributed by atoms with Crippen LogP contribution < -0.4 is 5.32 Å². The fourth-order valence-electron chi connectivity index (χ4n) is 3.67. The van der Waals surface area contributed by atoms with Crippen molar-refractivity contribution in [2.24, 2.45) is 17.8 Å². The van der Waals surface area contributed by atoms with Crippen LogP contribution in [0.25, 0.3) is 0 Å². The third-order valence-electron chi connectivity index (χ3n) is 4.53. The van der Waals surface area contributed by atoms with Gasteiger partial charge in [0.15, 0.2) is 0 Å². The quantitative estimate of drug-likeness (QED) is 0.787. The zero-order chi connectivity index (χ0) is 12.4. The summed E-state index contributed by atoms with van der Waals surface area (Å²) in [6.07, 6.45) is 7.85. The third-order valence-corrected chi connectivity index (χ3v) is 4.53. The molecule has 3 atom stereocenters. The summed E-state index contributed by atoms with van der Waals surface area (Å²) in [7, 11) is 0. The van der Waals surface area contributed by atoms with Gasteiger partial charge in [0, 0.05) is 6.42 Å². The topological polar surface area (TPSA) is 51.0 Å². The molecule has 2 aliphatic carbocycles. The lowest BCUT2D eigenvalue weighted by atomic mass is 9.86. The highest BCUT2D eigenvalue weighted by atomic mass is 16.4. The largest absolute Gasteiger partial charge is 0.424 e. The molecule has 0 spiro atoms. The molecule has 2 aliphatic rings. The number of fused-ring (bicyclic) bond motifs is 2. The molecule has 1 aromatic rings. The predicted molar refractivity (Wildman–Crippen MR) is 68.9 cm³/mol. The molecule has 0 aliphatic heterocycles. The Morgan fingerprint density at radius 3 is 2.83 bits per heavy atom. The van der Waals surface area contributed by atoms with Crippen LogP contribution in [-0.4, -0.2) is 16.7 Å². The van der Waals surface area contributed by atoms with Gasteiger partial charge >= 0.3 is 0 Å². The minimum Gasteiger partial charge on any atom is -0.424 e. The second kappa shape index (κ2) is 5.39. The number of hydrogen-bond donors (Lipinski definition) is 1. The summed E-state index contributed by atoms with van der Waals surface area (Å²) >= 11 is 0. The van der Waals surface area contributed by atoms with E-state index in [-0.39, 0.29) is 0 Å². The van der Waals surface area contributed by atoms with Crippen molar-refractivity contribution in [3.05, 3.63) is 11.8 Å². The Bertz CT molecular complexity index is 390. The second-order valence-corrected chi connectivity index (χ2v) is 5.91. The molecule has 2 bridgehead atoms. The Labute approximate surface area is 109 Å². The van der Waals surface area contributed by atoms with Gasteiger partial charge in [-0.15, -0.1) is 10.2 Å². The maximum Gasteiger partial charge on any atom is 0.230 e. The van der Waals surface area contributed by atoms with Crippen LogP contribution in [0.1, 0.15) is 50.8 Å². The Balaban J connectivity index is 1.51. The van der Waals surface area contributed by atoms with Crippen molar-refractivity contribution < 1.29 is 4.42 Å². The van der Waals surface area contributed by atoms with Gasteiger partial charge in [0.05, 0.1) is 6.54 Å². The molecule has 0 radical (unpaired) electrons. The van der Waals surface area contributed by atoms with E-state index in [9.17, 15) is 0 Å². The van der Waals surface area contributed by atoms with Gasteiger partial charge in [-0.1, -0.05) is 13.3 Å². The maximum absolute atomic E-state index is 5.72. The van der Waals surface area contributed by atoms with Gasteiger partial charge in [-0.2, -0.15) is 0 Å². The van der Waals surface area contributed by atoms with Gasteiger partial charge in [-0.05, 0) is 50.0 Å². The normalized spacial score (nSPS) is 30.2. The van der Waals surface area contributed by atoms with Crippen LogP contribution in [0.5, 0.6) is 0 Å².